The van der Waals surface area contributed by atoms with Crippen molar-refractivity contribution in [3.63, 3.8) is 0 Å². The maximum atomic E-state index is 9.56. The van der Waals surface area contributed by atoms with Gasteiger partial charge >= 0.3 is 0 Å². The summed E-state index contributed by atoms with van der Waals surface area (Å²) >= 11 is 0. The van der Waals surface area contributed by atoms with Crippen LogP contribution in [0.1, 0.15) is 56.0 Å². The van der Waals surface area contributed by atoms with E-state index >= 15 is 0 Å². The molecule has 19 heavy (non-hydrogen) atoms. The molecule has 2 unspecified atom stereocenters. The number of aliphatic hydroxyl groups is 1. The van der Waals surface area contributed by atoms with Gasteiger partial charge in [-0.1, -0.05) is 11.6 Å². The number of rotatable bonds is 3. The first-order chi connectivity index (χ1) is 9.29. The van der Waals surface area contributed by atoms with Gasteiger partial charge in [-0.3, -0.25) is 4.90 Å². The maximum Gasteiger partial charge on any atom is 0.140 e. The number of piperidine rings is 1. The highest BCUT2D eigenvalue weighted by molar-refractivity contribution is 5.25. The standard InChI is InChI=1S/C15H24N2O2/c1-11-5-4-6-12(10-18)17(11)9-14-13-7-2-3-8-15(13)19-16-14/h11-12,18H,2-10H2,1H3. The molecule has 1 saturated heterocycles. The summed E-state index contributed by atoms with van der Waals surface area (Å²) in [6.45, 7) is 3.35. The zero-order valence-electron chi connectivity index (χ0n) is 11.8. The highest BCUT2D eigenvalue weighted by Crippen LogP contribution is 2.29. The number of aliphatic hydroxyl groups excluding tert-OH is 1. The monoisotopic (exact) mass is 264 g/mol. The van der Waals surface area contributed by atoms with Gasteiger partial charge in [0.15, 0.2) is 0 Å². The molecular weight excluding hydrogens is 240 g/mol. The van der Waals surface area contributed by atoms with Gasteiger partial charge in [-0.05, 0) is 39.0 Å². The van der Waals surface area contributed by atoms with Crippen LogP contribution in [0.5, 0.6) is 0 Å². The molecular formula is C15H24N2O2. The molecule has 3 rings (SSSR count). The summed E-state index contributed by atoms with van der Waals surface area (Å²) in [7, 11) is 0. The summed E-state index contributed by atoms with van der Waals surface area (Å²) in [6.07, 6.45) is 8.17. The highest BCUT2D eigenvalue weighted by atomic mass is 16.5. The first kappa shape index (κ1) is 13.1. The van der Waals surface area contributed by atoms with Crippen LogP contribution >= 0.6 is 0 Å². The SMILES string of the molecule is CC1CCCC(CO)N1Cc1noc2c1CCCC2. The Morgan fingerprint density at radius 1 is 1.26 bits per heavy atom. The van der Waals surface area contributed by atoms with E-state index in [1.165, 1.54) is 31.2 Å². The zero-order chi connectivity index (χ0) is 13.2. The average molecular weight is 264 g/mol. The molecule has 1 aromatic heterocycles. The van der Waals surface area contributed by atoms with E-state index in [1.54, 1.807) is 0 Å². The fourth-order valence-corrected chi connectivity index (χ4v) is 3.57. The van der Waals surface area contributed by atoms with Crippen molar-refractivity contribution in [2.24, 2.45) is 0 Å². The van der Waals surface area contributed by atoms with Gasteiger partial charge in [0.1, 0.15) is 11.5 Å². The van der Waals surface area contributed by atoms with Crippen molar-refractivity contribution >= 4 is 0 Å². The van der Waals surface area contributed by atoms with Crippen LogP contribution in [0.2, 0.25) is 0 Å². The molecule has 1 aliphatic heterocycles. The van der Waals surface area contributed by atoms with Crippen molar-refractivity contribution in [1.82, 2.24) is 10.1 Å². The number of hydrogen-bond acceptors (Lipinski definition) is 4. The molecule has 1 fully saturated rings. The van der Waals surface area contributed by atoms with Gasteiger partial charge in [0.2, 0.25) is 0 Å². The number of likely N-dealkylation sites (tertiary alicyclic amines) is 1. The Morgan fingerprint density at radius 2 is 2.11 bits per heavy atom. The van der Waals surface area contributed by atoms with Gasteiger partial charge in [0.25, 0.3) is 0 Å². The Bertz CT molecular complexity index is 430. The number of aromatic nitrogens is 1. The van der Waals surface area contributed by atoms with Crippen molar-refractivity contribution in [2.75, 3.05) is 6.61 Å². The van der Waals surface area contributed by atoms with Gasteiger partial charge in [-0.2, -0.15) is 0 Å². The van der Waals surface area contributed by atoms with Gasteiger partial charge in [0.05, 0.1) is 6.61 Å². The molecule has 0 saturated carbocycles. The Balaban J connectivity index is 1.77. The van der Waals surface area contributed by atoms with Crippen molar-refractivity contribution in [3.05, 3.63) is 17.0 Å². The molecule has 2 heterocycles. The second-order valence-corrected chi connectivity index (χ2v) is 6.03. The Labute approximate surface area is 114 Å². The number of aryl methyl sites for hydroxylation is 1. The largest absolute Gasteiger partial charge is 0.395 e. The minimum atomic E-state index is 0.254. The van der Waals surface area contributed by atoms with E-state index in [4.69, 9.17) is 4.52 Å². The van der Waals surface area contributed by atoms with Crippen molar-refractivity contribution in [2.45, 2.75) is 70.5 Å². The van der Waals surface area contributed by atoms with E-state index < -0.39 is 0 Å². The number of hydrogen-bond donors (Lipinski definition) is 1. The quantitative estimate of drug-likeness (QED) is 0.910. The van der Waals surface area contributed by atoms with Crippen LogP contribution < -0.4 is 0 Å². The van der Waals surface area contributed by atoms with Crippen LogP contribution in [0.3, 0.4) is 0 Å². The maximum absolute atomic E-state index is 9.56. The van der Waals surface area contributed by atoms with E-state index in [0.29, 0.717) is 12.1 Å². The van der Waals surface area contributed by atoms with E-state index in [0.717, 1.165) is 37.3 Å². The second-order valence-electron chi connectivity index (χ2n) is 6.03. The van der Waals surface area contributed by atoms with Gasteiger partial charge in [-0.25, -0.2) is 0 Å². The zero-order valence-corrected chi connectivity index (χ0v) is 11.8. The van der Waals surface area contributed by atoms with Crippen LogP contribution in [0.25, 0.3) is 0 Å². The van der Waals surface area contributed by atoms with Crippen molar-refractivity contribution < 1.29 is 9.63 Å². The molecule has 1 aromatic rings. The summed E-state index contributed by atoms with van der Waals surface area (Å²) in [6, 6.07) is 0.821. The lowest BCUT2D eigenvalue weighted by Gasteiger charge is -2.39. The van der Waals surface area contributed by atoms with Crippen LogP contribution in [0.15, 0.2) is 4.52 Å². The molecule has 2 aliphatic rings. The topological polar surface area (TPSA) is 49.5 Å². The summed E-state index contributed by atoms with van der Waals surface area (Å²) in [5, 5.41) is 13.9. The van der Waals surface area contributed by atoms with E-state index in [1.807, 2.05) is 0 Å². The third-order valence-electron chi connectivity index (χ3n) is 4.77. The van der Waals surface area contributed by atoms with E-state index in [-0.39, 0.29) is 6.61 Å². The van der Waals surface area contributed by atoms with Crippen molar-refractivity contribution in [3.8, 4) is 0 Å². The smallest absolute Gasteiger partial charge is 0.140 e. The predicted octanol–water partition coefficient (Wildman–Crippen LogP) is 2.29. The Morgan fingerprint density at radius 3 is 2.95 bits per heavy atom. The molecule has 1 N–H and O–H groups in total. The van der Waals surface area contributed by atoms with Crippen LogP contribution in [0.4, 0.5) is 0 Å². The summed E-state index contributed by atoms with van der Waals surface area (Å²) in [5.74, 6) is 1.10. The van der Waals surface area contributed by atoms with Gasteiger partial charge in [0, 0.05) is 30.6 Å². The Kier molecular flexibility index (Phi) is 3.89. The van der Waals surface area contributed by atoms with Crippen LogP contribution in [-0.2, 0) is 19.4 Å². The van der Waals surface area contributed by atoms with Crippen LogP contribution in [-0.4, -0.2) is 33.9 Å². The second kappa shape index (κ2) is 5.63. The minimum Gasteiger partial charge on any atom is -0.395 e. The minimum absolute atomic E-state index is 0.254. The molecule has 0 amide bonds. The normalized spacial score (nSPS) is 28.3. The van der Waals surface area contributed by atoms with E-state index in [9.17, 15) is 5.11 Å². The lowest BCUT2D eigenvalue weighted by atomic mass is 9.94. The molecule has 0 spiro atoms. The summed E-state index contributed by atoms with van der Waals surface area (Å²) in [5.41, 5.74) is 2.46. The predicted molar refractivity (Wildman–Crippen MR) is 72.9 cm³/mol. The molecule has 106 valence electrons. The van der Waals surface area contributed by atoms with Crippen LogP contribution in [0, 0.1) is 0 Å². The highest BCUT2D eigenvalue weighted by Gasteiger charge is 2.30. The number of fused-ring (bicyclic) bond motifs is 1. The first-order valence-electron chi connectivity index (χ1n) is 7.62. The van der Waals surface area contributed by atoms with E-state index in [2.05, 4.69) is 17.0 Å². The average Bonchev–Trinajstić information content (AvgIpc) is 2.84. The molecule has 0 radical (unpaired) electrons. The Hall–Kier alpha value is -0.870. The fourth-order valence-electron chi connectivity index (χ4n) is 3.57. The third-order valence-corrected chi connectivity index (χ3v) is 4.77. The molecule has 4 nitrogen and oxygen atoms in total. The molecule has 2 atom stereocenters. The van der Waals surface area contributed by atoms with Gasteiger partial charge in [-0.15, -0.1) is 0 Å². The molecule has 1 aliphatic carbocycles. The molecule has 0 bridgehead atoms. The summed E-state index contributed by atoms with van der Waals surface area (Å²) in [4.78, 5) is 2.41. The third kappa shape index (κ3) is 2.56. The summed E-state index contributed by atoms with van der Waals surface area (Å²) < 4.78 is 5.49. The lowest BCUT2D eigenvalue weighted by molar-refractivity contribution is 0.0432. The van der Waals surface area contributed by atoms with Crippen molar-refractivity contribution in [1.29, 1.82) is 0 Å². The molecule has 4 heteroatoms. The number of nitrogens with zero attached hydrogens (tertiary/aromatic N) is 2. The fraction of sp³-hybridized carbons (Fsp3) is 0.800. The molecule has 0 aromatic carbocycles. The lowest BCUT2D eigenvalue weighted by Crippen LogP contribution is -2.46. The first-order valence-corrected chi connectivity index (χ1v) is 7.62. The van der Waals surface area contributed by atoms with Gasteiger partial charge < -0.3 is 9.63 Å².